The van der Waals surface area contributed by atoms with Crippen molar-refractivity contribution in [2.75, 3.05) is 11.1 Å². The summed E-state index contributed by atoms with van der Waals surface area (Å²) >= 11 is 0. The average molecular weight is 479 g/mol. The van der Waals surface area contributed by atoms with Gasteiger partial charge in [0.2, 0.25) is 0 Å². The number of carbonyl (C=O) groups excluding carboxylic acids is 2. The van der Waals surface area contributed by atoms with E-state index in [2.05, 4.69) is 20.5 Å². The number of nitrogen functional groups attached to an aromatic ring is 1. The molecule has 0 radical (unpaired) electrons. The van der Waals surface area contributed by atoms with Gasteiger partial charge in [0, 0.05) is 22.4 Å². The maximum absolute atomic E-state index is 13.3. The van der Waals surface area contributed by atoms with Crippen molar-refractivity contribution >= 4 is 34.6 Å². The van der Waals surface area contributed by atoms with Crippen LogP contribution in [0.25, 0.3) is 0 Å². The SMILES string of the molecule is C/C=C\C(=C/C)Nc1nc(N)c(C#N)c(C)c1N=Nc1cccc2c1C(=O)c1cccc(O)c1C2=O. The van der Waals surface area contributed by atoms with Crippen molar-refractivity contribution in [2.24, 2.45) is 10.2 Å². The molecule has 0 unspecified atom stereocenters. The molecule has 3 aromatic rings. The lowest BCUT2D eigenvalue weighted by atomic mass is 9.83. The Morgan fingerprint density at radius 2 is 1.75 bits per heavy atom. The largest absolute Gasteiger partial charge is 0.507 e. The van der Waals surface area contributed by atoms with Crippen molar-refractivity contribution in [3.05, 3.63) is 93.7 Å². The molecule has 2 aromatic carbocycles. The first kappa shape index (κ1) is 24.0. The lowest BCUT2D eigenvalue weighted by Gasteiger charge is -2.19. The summed E-state index contributed by atoms with van der Waals surface area (Å²) < 4.78 is 0. The minimum absolute atomic E-state index is 0.0318. The first-order valence-electron chi connectivity index (χ1n) is 11.0. The minimum Gasteiger partial charge on any atom is -0.507 e. The van der Waals surface area contributed by atoms with Crippen LogP contribution in [0, 0.1) is 18.3 Å². The number of hydrogen-bond acceptors (Lipinski definition) is 9. The van der Waals surface area contributed by atoms with Crippen molar-refractivity contribution in [1.82, 2.24) is 4.98 Å². The van der Waals surface area contributed by atoms with Crippen molar-refractivity contribution in [3.63, 3.8) is 0 Å². The molecule has 4 rings (SSSR count). The molecule has 9 heteroatoms. The van der Waals surface area contributed by atoms with Crippen molar-refractivity contribution < 1.29 is 14.7 Å². The smallest absolute Gasteiger partial charge is 0.198 e. The fraction of sp³-hybridized carbons (Fsp3) is 0.111. The van der Waals surface area contributed by atoms with E-state index in [0.29, 0.717) is 5.56 Å². The van der Waals surface area contributed by atoms with Gasteiger partial charge < -0.3 is 16.2 Å². The van der Waals surface area contributed by atoms with Crippen molar-refractivity contribution in [1.29, 1.82) is 5.26 Å². The summed E-state index contributed by atoms with van der Waals surface area (Å²) in [6, 6.07) is 11.0. The van der Waals surface area contributed by atoms with Crippen LogP contribution in [0.15, 0.2) is 70.6 Å². The Morgan fingerprint density at radius 1 is 1.08 bits per heavy atom. The molecule has 0 amide bonds. The third-order valence-corrected chi connectivity index (χ3v) is 5.76. The Morgan fingerprint density at radius 3 is 2.42 bits per heavy atom. The number of aromatic nitrogens is 1. The van der Waals surface area contributed by atoms with Crippen LogP contribution in [-0.4, -0.2) is 21.7 Å². The Bertz CT molecular complexity index is 1560. The lowest BCUT2D eigenvalue weighted by molar-refractivity contribution is 0.0977. The lowest BCUT2D eigenvalue weighted by Crippen LogP contribution is -2.21. The molecule has 0 fully saturated rings. The first-order valence-corrected chi connectivity index (χ1v) is 11.0. The molecule has 0 spiro atoms. The van der Waals surface area contributed by atoms with Gasteiger partial charge in [-0.1, -0.05) is 36.4 Å². The molecule has 1 aliphatic rings. The highest BCUT2D eigenvalue weighted by molar-refractivity contribution is 6.30. The highest BCUT2D eigenvalue weighted by Gasteiger charge is 2.33. The molecule has 0 aliphatic heterocycles. The number of nitrogens with two attached hydrogens (primary N) is 1. The van der Waals surface area contributed by atoms with E-state index in [1.807, 2.05) is 38.1 Å². The number of rotatable bonds is 5. The number of anilines is 2. The molecule has 9 nitrogen and oxygen atoms in total. The van der Waals surface area contributed by atoms with E-state index in [-0.39, 0.29) is 56.6 Å². The topological polar surface area (TPSA) is 154 Å². The van der Waals surface area contributed by atoms with Gasteiger partial charge in [0.25, 0.3) is 0 Å². The third-order valence-electron chi connectivity index (χ3n) is 5.76. The molecule has 0 atom stereocenters. The van der Waals surface area contributed by atoms with Crippen LogP contribution in [0.1, 0.15) is 56.8 Å². The number of phenolic OH excluding ortho intramolecular Hbond substituents is 1. The summed E-state index contributed by atoms with van der Waals surface area (Å²) in [5, 5.41) is 31.5. The second-order valence-corrected chi connectivity index (χ2v) is 7.93. The maximum Gasteiger partial charge on any atom is 0.198 e. The monoisotopic (exact) mass is 478 g/mol. The molecule has 1 heterocycles. The van der Waals surface area contributed by atoms with Gasteiger partial charge in [0.1, 0.15) is 23.3 Å². The van der Waals surface area contributed by atoms with Crippen LogP contribution in [0.3, 0.4) is 0 Å². The average Bonchev–Trinajstić information content (AvgIpc) is 2.86. The van der Waals surface area contributed by atoms with Crippen LogP contribution >= 0.6 is 0 Å². The van der Waals surface area contributed by atoms with E-state index < -0.39 is 11.6 Å². The van der Waals surface area contributed by atoms with Crippen molar-refractivity contribution in [2.45, 2.75) is 20.8 Å². The van der Waals surface area contributed by atoms with E-state index in [9.17, 15) is 20.0 Å². The minimum atomic E-state index is -0.474. The molecule has 1 aromatic heterocycles. The van der Waals surface area contributed by atoms with Crippen LogP contribution in [0.2, 0.25) is 0 Å². The van der Waals surface area contributed by atoms with Gasteiger partial charge in [-0.2, -0.15) is 5.26 Å². The van der Waals surface area contributed by atoms with Gasteiger partial charge in [0.15, 0.2) is 17.4 Å². The number of aromatic hydroxyl groups is 1. The number of nitriles is 1. The molecule has 178 valence electrons. The van der Waals surface area contributed by atoms with E-state index in [1.165, 1.54) is 24.3 Å². The molecule has 36 heavy (non-hydrogen) atoms. The normalized spacial score (nSPS) is 13.1. The molecule has 4 N–H and O–H groups in total. The van der Waals surface area contributed by atoms with E-state index in [1.54, 1.807) is 19.1 Å². The Hall–Kier alpha value is -5.10. The highest BCUT2D eigenvalue weighted by Crippen LogP contribution is 2.39. The van der Waals surface area contributed by atoms with Gasteiger partial charge in [-0.15, -0.1) is 10.2 Å². The summed E-state index contributed by atoms with van der Waals surface area (Å²) in [6.07, 6.45) is 5.51. The summed E-state index contributed by atoms with van der Waals surface area (Å²) in [6.45, 7) is 5.39. The number of hydrogen-bond donors (Lipinski definition) is 3. The Kier molecular flexibility index (Phi) is 6.44. The summed E-state index contributed by atoms with van der Waals surface area (Å²) in [5.74, 6) is -0.855. The Labute approximate surface area is 207 Å². The van der Waals surface area contributed by atoms with Crippen LogP contribution in [0.4, 0.5) is 23.0 Å². The quantitative estimate of drug-likeness (QED) is 0.248. The van der Waals surface area contributed by atoms with Crippen molar-refractivity contribution in [3.8, 4) is 11.8 Å². The fourth-order valence-corrected chi connectivity index (χ4v) is 3.99. The third kappa shape index (κ3) is 4.01. The maximum atomic E-state index is 13.3. The number of benzene rings is 2. The van der Waals surface area contributed by atoms with Crippen LogP contribution in [0.5, 0.6) is 5.75 Å². The van der Waals surface area contributed by atoms with Crippen LogP contribution in [-0.2, 0) is 0 Å². The zero-order valence-electron chi connectivity index (χ0n) is 19.8. The number of fused-ring (bicyclic) bond motifs is 2. The van der Waals surface area contributed by atoms with Crippen LogP contribution < -0.4 is 11.1 Å². The van der Waals surface area contributed by atoms with Gasteiger partial charge >= 0.3 is 0 Å². The number of azo groups is 1. The van der Waals surface area contributed by atoms with Gasteiger partial charge in [-0.25, -0.2) is 4.98 Å². The standard InChI is InChI=1S/C27H22N6O3/c1-4-8-15(5-2)30-27-23(14(3)18(13-28)26(29)31-27)33-32-19-11-6-9-16-21(19)24(35)17-10-7-12-20(34)22(17)25(16)36/h4-12,34H,1-3H3,(H3,29,30,31)/b8-4-,15-5+,33-32?. The van der Waals surface area contributed by atoms with Gasteiger partial charge in [-0.05, 0) is 39.0 Å². The molecule has 0 saturated carbocycles. The number of ketones is 2. The summed E-state index contributed by atoms with van der Waals surface area (Å²) in [4.78, 5) is 30.7. The van der Waals surface area contributed by atoms with E-state index in [0.717, 1.165) is 5.70 Å². The predicted molar refractivity (Wildman–Crippen MR) is 136 cm³/mol. The van der Waals surface area contributed by atoms with Gasteiger partial charge in [0.05, 0.1) is 22.4 Å². The Balaban J connectivity index is 1.86. The number of nitrogens with one attached hydrogen (secondary N) is 1. The second kappa shape index (κ2) is 9.64. The number of phenols is 1. The van der Waals surface area contributed by atoms with E-state index >= 15 is 0 Å². The zero-order valence-corrected chi connectivity index (χ0v) is 19.8. The molecule has 0 saturated heterocycles. The predicted octanol–water partition coefficient (Wildman–Crippen LogP) is 5.63. The molecular weight excluding hydrogens is 456 g/mol. The number of carbonyl (C=O) groups is 2. The molecular formula is C27H22N6O3. The molecule has 1 aliphatic carbocycles. The summed E-state index contributed by atoms with van der Waals surface area (Å²) in [7, 11) is 0. The highest BCUT2D eigenvalue weighted by atomic mass is 16.3. The number of nitrogens with zero attached hydrogens (tertiary/aromatic N) is 4. The number of pyridine rings is 1. The first-order chi connectivity index (χ1) is 17.3. The fourth-order valence-electron chi connectivity index (χ4n) is 3.99. The van der Waals surface area contributed by atoms with Gasteiger partial charge in [-0.3, -0.25) is 9.59 Å². The second-order valence-electron chi connectivity index (χ2n) is 7.93. The zero-order chi connectivity index (χ0) is 26.0. The molecule has 0 bridgehead atoms. The van der Waals surface area contributed by atoms with E-state index in [4.69, 9.17) is 5.73 Å². The summed E-state index contributed by atoms with van der Waals surface area (Å²) in [5.41, 5.74) is 8.03. The number of allylic oxidation sites excluding steroid dienone is 3.